The minimum atomic E-state index is -0.286. The van der Waals surface area contributed by atoms with Crippen LogP contribution in [0.15, 0.2) is 24.3 Å². The molecular formula is C16H18FN5O2. The van der Waals surface area contributed by atoms with Crippen LogP contribution in [0.1, 0.15) is 36.3 Å². The van der Waals surface area contributed by atoms with Crippen LogP contribution in [0, 0.1) is 5.82 Å². The number of hydrogen-bond donors (Lipinski definition) is 0. The Balaban J connectivity index is 1.39. The number of carbonyl (C=O) groups excluding carboxylic acids is 1. The molecular weight excluding hydrogens is 313 g/mol. The predicted octanol–water partition coefficient (Wildman–Crippen LogP) is 1.29. The molecule has 1 aromatic carbocycles. The van der Waals surface area contributed by atoms with Crippen LogP contribution in [0.3, 0.4) is 0 Å². The molecule has 1 atom stereocenters. The third-order valence-corrected chi connectivity index (χ3v) is 4.35. The average molecular weight is 331 g/mol. The normalized spacial score (nSPS) is 21.0. The maximum Gasteiger partial charge on any atom is 0.246 e. The van der Waals surface area contributed by atoms with E-state index in [0.29, 0.717) is 25.6 Å². The first kappa shape index (κ1) is 15.2. The fourth-order valence-electron chi connectivity index (χ4n) is 2.80. The van der Waals surface area contributed by atoms with E-state index in [1.54, 1.807) is 17.0 Å². The van der Waals surface area contributed by atoms with Gasteiger partial charge in [0.05, 0.1) is 13.2 Å². The van der Waals surface area contributed by atoms with E-state index in [4.69, 9.17) is 4.74 Å². The van der Waals surface area contributed by atoms with Gasteiger partial charge in [-0.1, -0.05) is 12.1 Å². The predicted molar refractivity (Wildman–Crippen MR) is 81.5 cm³/mol. The number of halogens is 1. The Morgan fingerprint density at radius 1 is 1.29 bits per heavy atom. The van der Waals surface area contributed by atoms with Gasteiger partial charge in [-0.25, -0.2) is 4.39 Å². The van der Waals surface area contributed by atoms with Crippen LogP contribution in [-0.4, -0.2) is 50.7 Å². The highest BCUT2D eigenvalue weighted by atomic mass is 19.1. The van der Waals surface area contributed by atoms with Gasteiger partial charge in [0.1, 0.15) is 18.5 Å². The lowest BCUT2D eigenvalue weighted by molar-refractivity contribution is -0.140. The molecule has 1 unspecified atom stereocenters. The minimum Gasteiger partial charge on any atom is -0.370 e. The van der Waals surface area contributed by atoms with Crippen LogP contribution in [0.25, 0.3) is 0 Å². The molecule has 2 heterocycles. The fraction of sp³-hybridized carbons (Fsp3) is 0.500. The van der Waals surface area contributed by atoms with Gasteiger partial charge in [-0.05, 0) is 35.8 Å². The van der Waals surface area contributed by atoms with Gasteiger partial charge in [0.25, 0.3) is 0 Å². The maximum atomic E-state index is 13.0. The van der Waals surface area contributed by atoms with Crippen molar-refractivity contribution in [3.05, 3.63) is 41.5 Å². The van der Waals surface area contributed by atoms with E-state index in [9.17, 15) is 9.18 Å². The number of hydrogen-bond acceptors (Lipinski definition) is 5. The van der Waals surface area contributed by atoms with E-state index in [2.05, 4.69) is 15.4 Å². The first-order chi connectivity index (χ1) is 11.7. The van der Waals surface area contributed by atoms with Crippen molar-refractivity contribution in [2.45, 2.75) is 31.4 Å². The lowest BCUT2D eigenvalue weighted by atomic mass is 10.1. The summed E-state index contributed by atoms with van der Waals surface area (Å²) in [6.07, 6.45) is 1.96. The summed E-state index contributed by atoms with van der Waals surface area (Å²) in [6.45, 7) is 1.50. The number of tetrazole rings is 1. The molecule has 2 fully saturated rings. The molecule has 2 aromatic rings. The van der Waals surface area contributed by atoms with Gasteiger partial charge >= 0.3 is 0 Å². The van der Waals surface area contributed by atoms with Gasteiger partial charge in [-0.3, -0.25) is 4.79 Å². The second-order valence-electron chi connectivity index (χ2n) is 6.20. The summed E-state index contributed by atoms with van der Waals surface area (Å²) >= 11 is 0. The Hall–Kier alpha value is -2.35. The van der Waals surface area contributed by atoms with Crippen molar-refractivity contribution in [1.29, 1.82) is 0 Å². The zero-order valence-electron chi connectivity index (χ0n) is 13.1. The Bertz CT molecular complexity index is 728. The zero-order valence-corrected chi connectivity index (χ0v) is 13.1. The van der Waals surface area contributed by atoms with Gasteiger partial charge < -0.3 is 9.64 Å². The van der Waals surface area contributed by atoms with E-state index in [-0.39, 0.29) is 24.4 Å². The summed E-state index contributed by atoms with van der Waals surface area (Å²) in [5.41, 5.74) is 0.865. The highest BCUT2D eigenvalue weighted by molar-refractivity contribution is 5.75. The number of ether oxygens (including phenoxy) is 1. The summed E-state index contributed by atoms with van der Waals surface area (Å²) in [4.78, 5) is 15.6. The monoisotopic (exact) mass is 331 g/mol. The maximum absolute atomic E-state index is 13.0. The van der Waals surface area contributed by atoms with Crippen molar-refractivity contribution in [1.82, 2.24) is 25.1 Å². The fourth-order valence-corrected chi connectivity index (χ4v) is 2.80. The topological polar surface area (TPSA) is 73.1 Å². The molecule has 0 N–H and O–H groups in total. The van der Waals surface area contributed by atoms with Gasteiger partial charge in [0, 0.05) is 12.5 Å². The zero-order chi connectivity index (χ0) is 16.5. The number of carbonyl (C=O) groups is 1. The second kappa shape index (κ2) is 6.27. The summed E-state index contributed by atoms with van der Waals surface area (Å²) in [5.74, 6) is 0.797. The lowest BCUT2D eigenvalue weighted by Crippen LogP contribution is -2.43. The molecule has 4 rings (SSSR count). The molecule has 1 aliphatic carbocycles. The number of aromatic nitrogens is 4. The van der Waals surface area contributed by atoms with Crippen LogP contribution < -0.4 is 0 Å². The number of rotatable bonds is 4. The molecule has 126 valence electrons. The molecule has 24 heavy (non-hydrogen) atoms. The van der Waals surface area contributed by atoms with Crippen molar-refractivity contribution >= 4 is 5.91 Å². The third kappa shape index (κ3) is 3.28. The van der Waals surface area contributed by atoms with Gasteiger partial charge in [0.15, 0.2) is 5.82 Å². The quantitative estimate of drug-likeness (QED) is 0.844. The Kier molecular flexibility index (Phi) is 3.97. The van der Waals surface area contributed by atoms with Crippen molar-refractivity contribution < 1.29 is 13.9 Å². The lowest BCUT2D eigenvalue weighted by Gasteiger charge is -2.33. The Morgan fingerprint density at radius 3 is 2.83 bits per heavy atom. The van der Waals surface area contributed by atoms with Gasteiger partial charge in [-0.15, -0.1) is 10.2 Å². The van der Waals surface area contributed by atoms with Crippen LogP contribution in [0.2, 0.25) is 0 Å². The summed E-state index contributed by atoms with van der Waals surface area (Å²) in [5, 5.41) is 12.2. The first-order valence-corrected chi connectivity index (χ1v) is 8.11. The Morgan fingerprint density at radius 2 is 2.08 bits per heavy atom. The molecule has 0 bridgehead atoms. The molecule has 1 aromatic heterocycles. The Labute approximate surface area is 138 Å². The first-order valence-electron chi connectivity index (χ1n) is 8.11. The molecule has 1 aliphatic heterocycles. The van der Waals surface area contributed by atoms with E-state index in [1.165, 1.54) is 16.9 Å². The van der Waals surface area contributed by atoms with Crippen LogP contribution in [0.4, 0.5) is 4.39 Å². The SMILES string of the molecule is O=C(Cn1nnc(C2CC2)n1)N1CCOC(c2ccc(F)cc2)C1. The van der Waals surface area contributed by atoms with Crippen molar-refractivity contribution in [3.8, 4) is 0 Å². The molecule has 1 saturated carbocycles. The smallest absolute Gasteiger partial charge is 0.246 e. The molecule has 2 aliphatic rings. The second-order valence-corrected chi connectivity index (χ2v) is 6.20. The molecule has 7 nitrogen and oxygen atoms in total. The van der Waals surface area contributed by atoms with E-state index < -0.39 is 0 Å². The molecule has 1 amide bonds. The van der Waals surface area contributed by atoms with Crippen molar-refractivity contribution in [2.24, 2.45) is 0 Å². The standard InChI is InChI=1S/C16H18FN5O2/c17-13-5-3-11(4-6-13)14-9-21(7-8-24-14)15(23)10-22-19-16(18-20-22)12-1-2-12/h3-6,12,14H,1-2,7-10H2. The summed E-state index contributed by atoms with van der Waals surface area (Å²) in [7, 11) is 0. The molecule has 0 spiro atoms. The average Bonchev–Trinajstić information content (AvgIpc) is 3.35. The molecule has 8 heteroatoms. The minimum absolute atomic E-state index is 0.0647. The summed E-state index contributed by atoms with van der Waals surface area (Å²) in [6, 6.07) is 6.18. The molecule has 0 radical (unpaired) electrons. The third-order valence-electron chi connectivity index (χ3n) is 4.35. The van der Waals surface area contributed by atoms with Crippen LogP contribution >= 0.6 is 0 Å². The highest BCUT2D eigenvalue weighted by Crippen LogP contribution is 2.37. The van der Waals surface area contributed by atoms with Crippen LogP contribution in [-0.2, 0) is 16.1 Å². The number of benzene rings is 1. The van der Waals surface area contributed by atoms with Gasteiger partial charge in [0.2, 0.25) is 5.91 Å². The van der Waals surface area contributed by atoms with E-state index in [1.807, 2.05) is 0 Å². The number of amides is 1. The van der Waals surface area contributed by atoms with E-state index >= 15 is 0 Å². The van der Waals surface area contributed by atoms with Gasteiger partial charge in [-0.2, -0.15) is 4.80 Å². The number of nitrogens with zero attached hydrogens (tertiary/aromatic N) is 5. The number of morpholine rings is 1. The largest absolute Gasteiger partial charge is 0.370 e. The highest BCUT2D eigenvalue weighted by Gasteiger charge is 2.29. The van der Waals surface area contributed by atoms with Crippen molar-refractivity contribution in [3.63, 3.8) is 0 Å². The van der Waals surface area contributed by atoms with Crippen molar-refractivity contribution in [2.75, 3.05) is 19.7 Å². The van der Waals surface area contributed by atoms with E-state index in [0.717, 1.165) is 24.2 Å². The molecule has 1 saturated heterocycles. The van der Waals surface area contributed by atoms with Crippen LogP contribution in [0.5, 0.6) is 0 Å². The summed E-state index contributed by atoms with van der Waals surface area (Å²) < 4.78 is 18.7.